The van der Waals surface area contributed by atoms with Gasteiger partial charge in [0.05, 0.1) is 0 Å². The molecule has 3 N–H and O–H groups in total. The maximum atomic E-state index is 11.1. The molecule has 0 saturated carbocycles. The molecule has 1 rings (SSSR count). The first-order valence-electron chi connectivity index (χ1n) is 6.71. The number of nitrogens with two attached hydrogens (primary N) is 1. The predicted molar refractivity (Wildman–Crippen MR) is 76.9 cm³/mol. The molecule has 0 aliphatic carbocycles. The Labute approximate surface area is 110 Å². The number of amides is 1. The molecule has 1 unspecified atom stereocenters. The molecule has 0 aromatic heterocycles. The van der Waals surface area contributed by atoms with Gasteiger partial charge in [0.25, 0.3) is 0 Å². The van der Waals surface area contributed by atoms with Crippen molar-refractivity contribution in [3.8, 4) is 0 Å². The zero-order valence-corrected chi connectivity index (χ0v) is 11.6. The highest BCUT2D eigenvalue weighted by molar-refractivity contribution is 5.93. The van der Waals surface area contributed by atoms with Gasteiger partial charge in [-0.2, -0.15) is 0 Å². The van der Waals surface area contributed by atoms with Gasteiger partial charge in [0.2, 0.25) is 5.91 Å². The number of anilines is 1. The summed E-state index contributed by atoms with van der Waals surface area (Å²) in [5.74, 6) is -0.374. The molecule has 0 spiro atoms. The summed E-state index contributed by atoms with van der Waals surface area (Å²) in [5, 5.41) is 3.48. The summed E-state index contributed by atoms with van der Waals surface area (Å²) in [4.78, 5) is 11.1. The van der Waals surface area contributed by atoms with Crippen molar-refractivity contribution < 1.29 is 4.79 Å². The monoisotopic (exact) mass is 248 g/mol. The minimum atomic E-state index is -0.374. The second kappa shape index (κ2) is 7.04. The Kier molecular flexibility index (Phi) is 5.69. The number of carbonyl (C=O) groups excluding carboxylic acids is 1. The first-order valence-corrected chi connectivity index (χ1v) is 6.71. The van der Waals surface area contributed by atoms with Crippen molar-refractivity contribution in [1.29, 1.82) is 0 Å². The van der Waals surface area contributed by atoms with Gasteiger partial charge in [0, 0.05) is 17.3 Å². The molecular weight excluding hydrogens is 224 g/mol. The highest BCUT2D eigenvalue weighted by Gasteiger charge is 2.06. The van der Waals surface area contributed by atoms with E-state index in [1.165, 1.54) is 25.7 Å². The molecule has 1 aromatic rings. The van der Waals surface area contributed by atoms with E-state index in [-0.39, 0.29) is 5.91 Å². The average molecular weight is 248 g/mol. The molecule has 0 aliphatic heterocycles. The third-order valence-corrected chi connectivity index (χ3v) is 3.15. The van der Waals surface area contributed by atoms with Crippen molar-refractivity contribution >= 4 is 11.6 Å². The number of aryl methyl sites for hydroxylation is 1. The molecule has 0 radical (unpaired) electrons. The number of carbonyl (C=O) groups is 1. The van der Waals surface area contributed by atoms with Gasteiger partial charge < -0.3 is 11.1 Å². The van der Waals surface area contributed by atoms with Crippen LogP contribution in [0.4, 0.5) is 5.69 Å². The highest BCUT2D eigenvalue weighted by atomic mass is 16.1. The molecule has 3 heteroatoms. The normalized spacial score (nSPS) is 12.2. The van der Waals surface area contributed by atoms with Crippen LogP contribution in [0.2, 0.25) is 0 Å². The van der Waals surface area contributed by atoms with Crippen molar-refractivity contribution in [2.75, 3.05) is 5.32 Å². The van der Waals surface area contributed by atoms with E-state index >= 15 is 0 Å². The number of primary amides is 1. The number of nitrogens with one attached hydrogen (secondary N) is 1. The van der Waals surface area contributed by atoms with E-state index in [0.29, 0.717) is 11.6 Å². The largest absolute Gasteiger partial charge is 0.382 e. The first-order chi connectivity index (χ1) is 8.54. The fourth-order valence-corrected chi connectivity index (χ4v) is 2.02. The number of hydrogen-bond acceptors (Lipinski definition) is 2. The van der Waals surface area contributed by atoms with E-state index in [9.17, 15) is 4.79 Å². The lowest BCUT2D eigenvalue weighted by Crippen LogP contribution is -2.16. The van der Waals surface area contributed by atoms with Crippen molar-refractivity contribution in [3.05, 3.63) is 29.3 Å². The first kappa shape index (κ1) is 14.6. The van der Waals surface area contributed by atoms with Crippen LogP contribution in [0.15, 0.2) is 18.2 Å². The molecule has 0 bridgehead atoms. The Morgan fingerprint density at radius 3 is 2.67 bits per heavy atom. The maximum absolute atomic E-state index is 11.1. The summed E-state index contributed by atoms with van der Waals surface area (Å²) in [6.45, 7) is 6.40. The minimum absolute atomic E-state index is 0.374. The lowest BCUT2D eigenvalue weighted by molar-refractivity contribution is 0.1000. The Hall–Kier alpha value is -1.51. The van der Waals surface area contributed by atoms with Gasteiger partial charge in [-0.1, -0.05) is 26.2 Å². The molecule has 18 heavy (non-hydrogen) atoms. The van der Waals surface area contributed by atoms with E-state index in [1.54, 1.807) is 6.07 Å². The van der Waals surface area contributed by atoms with Crippen molar-refractivity contribution in [2.45, 2.75) is 52.5 Å². The third-order valence-electron chi connectivity index (χ3n) is 3.15. The summed E-state index contributed by atoms with van der Waals surface area (Å²) in [7, 11) is 0. The zero-order chi connectivity index (χ0) is 13.5. The number of benzene rings is 1. The fourth-order valence-electron chi connectivity index (χ4n) is 2.02. The van der Waals surface area contributed by atoms with Crippen LogP contribution in [0.1, 0.15) is 55.5 Å². The molecule has 1 aromatic carbocycles. The molecule has 1 atom stereocenters. The Balaban J connectivity index is 2.59. The topological polar surface area (TPSA) is 55.1 Å². The summed E-state index contributed by atoms with van der Waals surface area (Å²) in [5.41, 5.74) is 7.97. The average Bonchev–Trinajstić information content (AvgIpc) is 2.32. The molecule has 0 heterocycles. The lowest BCUT2D eigenvalue weighted by Gasteiger charge is -2.17. The quantitative estimate of drug-likeness (QED) is 0.726. The van der Waals surface area contributed by atoms with Crippen LogP contribution in [0.25, 0.3) is 0 Å². The van der Waals surface area contributed by atoms with Crippen LogP contribution < -0.4 is 11.1 Å². The number of unbranched alkanes of at least 4 members (excludes halogenated alkanes) is 2. The standard InChI is InChI=1S/C15H24N2O/c1-4-5-6-7-12(3)17-14-9-8-13(15(16)18)10-11(14)2/h8-10,12,17H,4-7H2,1-3H3,(H2,16,18). The lowest BCUT2D eigenvalue weighted by atomic mass is 10.1. The van der Waals surface area contributed by atoms with Gasteiger partial charge in [0.1, 0.15) is 0 Å². The van der Waals surface area contributed by atoms with Gasteiger partial charge >= 0.3 is 0 Å². The Bertz CT molecular complexity index is 401. The van der Waals surface area contributed by atoms with Gasteiger partial charge in [-0.15, -0.1) is 0 Å². The Morgan fingerprint density at radius 1 is 1.39 bits per heavy atom. The minimum Gasteiger partial charge on any atom is -0.382 e. The van der Waals surface area contributed by atoms with Gasteiger partial charge in [-0.25, -0.2) is 0 Å². The summed E-state index contributed by atoms with van der Waals surface area (Å²) < 4.78 is 0. The predicted octanol–water partition coefficient (Wildman–Crippen LogP) is 3.47. The SMILES string of the molecule is CCCCCC(C)Nc1ccc(C(N)=O)cc1C. The molecule has 1 amide bonds. The third kappa shape index (κ3) is 4.40. The highest BCUT2D eigenvalue weighted by Crippen LogP contribution is 2.18. The number of hydrogen-bond donors (Lipinski definition) is 2. The summed E-state index contributed by atoms with van der Waals surface area (Å²) in [6.07, 6.45) is 4.96. The van der Waals surface area contributed by atoms with Crippen molar-refractivity contribution in [1.82, 2.24) is 0 Å². The van der Waals surface area contributed by atoms with E-state index in [4.69, 9.17) is 5.73 Å². The van der Waals surface area contributed by atoms with Gasteiger partial charge in [0.15, 0.2) is 0 Å². The van der Waals surface area contributed by atoms with Crippen LogP contribution in [0.3, 0.4) is 0 Å². The van der Waals surface area contributed by atoms with Crippen molar-refractivity contribution in [3.63, 3.8) is 0 Å². The van der Waals surface area contributed by atoms with E-state index in [2.05, 4.69) is 19.2 Å². The van der Waals surface area contributed by atoms with Crippen LogP contribution >= 0.6 is 0 Å². The van der Waals surface area contributed by atoms with E-state index in [1.807, 2.05) is 19.1 Å². The van der Waals surface area contributed by atoms with E-state index < -0.39 is 0 Å². The molecular formula is C15H24N2O. The fraction of sp³-hybridized carbons (Fsp3) is 0.533. The summed E-state index contributed by atoms with van der Waals surface area (Å²) in [6, 6.07) is 6.00. The van der Waals surface area contributed by atoms with E-state index in [0.717, 1.165) is 11.3 Å². The van der Waals surface area contributed by atoms with Gasteiger partial charge in [-0.05, 0) is 44.0 Å². The molecule has 0 saturated heterocycles. The molecule has 0 aliphatic rings. The molecule has 3 nitrogen and oxygen atoms in total. The van der Waals surface area contributed by atoms with Crippen molar-refractivity contribution in [2.24, 2.45) is 5.73 Å². The molecule has 100 valence electrons. The van der Waals surface area contributed by atoms with Crippen LogP contribution in [0, 0.1) is 6.92 Å². The smallest absolute Gasteiger partial charge is 0.248 e. The zero-order valence-electron chi connectivity index (χ0n) is 11.6. The molecule has 0 fully saturated rings. The van der Waals surface area contributed by atoms with Gasteiger partial charge in [-0.3, -0.25) is 4.79 Å². The van der Waals surface area contributed by atoms with Crippen LogP contribution in [-0.2, 0) is 0 Å². The summed E-state index contributed by atoms with van der Waals surface area (Å²) >= 11 is 0. The number of rotatable bonds is 7. The van der Waals surface area contributed by atoms with Crippen LogP contribution in [-0.4, -0.2) is 11.9 Å². The second-order valence-electron chi connectivity index (χ2n) is 4.94. The maximum Gasteiger partial charge on any atom is 0.248 e. The second-order valence-corrected chi connectivity index (χ2v) is 4.94. The Morgan fingerprint density at radius 2 is 2.11 bits per heavy atom. The van der Waals surface area contributed by atoms with Crippen LogP contribution in [0.5, 0.6) is 0 Å².